The van der Waals surface area contributed by atoms with Crippen LogP contribution in [0.1, 0.15) is 62.8 Å². The average Bonchev–Trinajstić information content (AvgIpc) is 3.26. The molecule has 3 aromatic rings. The van der Waals surface area contributed by atoms with Crippen LogP contribution in [0.4, 0.5) is 0 Å². The Balaban J connectivity index is 1.41. The van der Waals surface area contributed by atoms with Crippen LogP contribution in [-0.4, -0.2) is 84.1 Å². The van der Waals surface area contributed by atoms with Crippen LogP contribution in [0.5, 0.6) is 11.5 Å². The second kappa shape index (κ2) is 16.3. The van der Waals surface area contributed by atoms with E-state index < -0.39 is 28.0 Å². The highest BCUT2D eigenvalue weighted by Crippen LogP contribution is 2.33. The van der Waals surface area contributed by atoms with E-state index in [1.807, 2.05) is 44.2 Å². The number of hydrogen-bond acceptors (Lipinski definition) is 9. The lowest BCUT2D eigenvalue weighted by atomic mass is 10.0. The Hall–Kier alpha value is -4.50. The number of hydrogen-bond donors (Lipinski definition) is 3. The summed E-state index contributed by atoms with van der Waals surface area (Å²) >= 11 is 0. The zero-order chi connectivity index (χ0) is 35.0. The molecule has 0 saturated carbocycles. The van der Waals surface area contributed by atoms with Gasteiger partial charge in [-0.3, -0.25) is 14.4 Å². The molecule has 3 amide bonds. The van der Waals surface area contributed by atoms with Crippen LogP contribution in [0.3, 0.4) is 0 Å². The standard InChI is InChI=1S/C34H45N7O7S/c1-23(2)32-33-36-24(3)39-41(33)22-31(43)35-15-8-17-40(49(45,46)26-13-14-28-29(21-26)48-19-9-18-47-28)16-7-12-30(42)37-27(34(44)38-32)20-25-10-5-4-6-11-25/h4-6,10-11,13-14,21,23,27,32H,7-9,12,15-20,22H2,1-3H3,(H,35,43)(H,37,42)(H,38,44)/t27-,32+/m1/s1. The highest BCUT2D eigenvalue weighted by atomic mass is 32.2. The van der Waals surface area contributed by atoms with Gasteiger partial charge in [0.1, 0.15) is 18.4 Å². The molecule has 3 heterocycles. The third-order valence-electron chi connectivity index (χ3n) is 8.35. The van der Waals surface area contributed by atoms with Gasteiger partial charge < -0.3 is 25.4 Å². The lowest BCUT2D eigenvalue weighted by Gasteiger charge is -2.26. The largest absolute Gasteiger partial charge is 0.490 e. The van der Waals surface area contributed by atoms with Crippen LogP contribution in [0, 0.1) is 12.8 Å². The Morgan fingerprint density at radius 2 is 1.65 bits per heavy atom. The molecule has 15 heteroatoms. The number of carbonyl (C=O) groups is 3. The highest BCUT2D eigenvalue weighted by molar-refractivity contribution is 7.89. The van der Waals surface area contributed by atoms with Crippen molar-refractivity contribution >= 4 is 27.7 Å². The molecule has 2 aliphatic heterocycles. The Labute approximate surface area is 287 Å². The van der Waals surface area contributed by atoms with E-state index in [9.17, 15) is 22.8 Å². The third-order valence-corrected chi connectivity index (χ3v) is 10.2. The van der Waals surface area contributed by atoms with Crippen molar-refractivity contribution < 1.29 is 32.3 Å². The van der Waals surface area contributed by atoms with E-state index in [4.69, 9.17) is 9.47 Å². The van der Waals surface area contributed by atoms with Crippen LogP contribution in [0.15, 0.2) is 53.4 Å². The first-order chi connectivity index (χ1) is 23.5. The smallest absolute Gasteiger partial charge is 0.243 e. The van der Waals surface area contributed by atoms with Crippen molar-refractivity contribution in [2.24, 2.45) is 5.92 Å². The van der Waals surface area contributed by atoms with Crippen LogP contribution in [0.2, 0.25) is 0 Å². The number of carbonyl (C=O) groups excluding carboxylic acids is 3. The monoisotopic (exact) mass is 695 g/mol. The summed E-state index contributed by atoms with van der Waals surface area (Å²) in [5.74, 6) is 0.483. The maximum atomic E-state index is 13.9. The lowest BCUT2D eigenvalue weighted by Crippen LogP contribution is -2.50. The van der Waals surface area contributed by atoms with Gasteiger partial charge in [-0.15, -0.1) is 0 Å². The molecule has 264 valence electrons. The van der Waals surface area contributed by atoms with Gasteiger partial charge in [0, 0.05) is 45.0 Å². The average molecular weight is 696 g/mol. The van der Waals surface area contributed by atoms with Gasteiger partial charge >= 0.3 is 0 Å². The van der Waals surface area contributed by atoms with Crippen molar-refractivity contribution in [2.45, 2.75) is 76.4 Å². The number of amides is 3. The number of fused-ring (bicyclic) bond motifs is 2. The minimum absolute atomic E-state index is 0.0103. The molecule has 14 nitrogen and oxygen atoms in total. The van der Waals surface area contributed by atoms with Gasteiger partial charge in [-0.1, -0.05) is 44.2 Å². The maximum Gasteiger partial charge on any atom is 0.243 e. The fourth-order valence-corrected chi connectivity index (χ4v) is 7.36. The molecule has 1 aromatic heterocycles. The van der Waals surface area contributed by atoms with Crippen molar-refractivity contribution in [2.75, 3.05) is 32.8 Å². The third kappa shape index (κ3) is 9.35. The number of aryl methyl sites for hydroxylation is 1. The van der Waals surface area contributed by atoms with E-state index in [1.165, 1.54) is 21.1 Å². The normalized spacial score (nSPS) is 20.6. The topological polar surface area (TPSA) is 174 Å². The number of nitrogens with zero attached hydrogens (tertiary/aromatic N) is 4. The molecule has 0 fully saturated rings. The predicted molar refractivity (Wildman–Crippen MR) is 180 cm³/mol. The molecule has 0 bridgehead atoms. The van der Waals surface area contributed by atoms with Gasteiger partial charge in [0.25, 0.3) is 0 Å². The van der Waals surface area contributed by atoms with E-state index >= 15 is 0 Å². The highest BCUT2D eigenvalue weighted by Gasteiger charge is 2.31. The van der Waals surface area contributed by atoms with Crippen molar-refractivity contribution in [3.8, 4) is 11.5 Å². The van der Waals surface area contributed by atoms with E-state index in [1.54, 1.807) is 13.0 Å². The summed E-state index contributed by atoms with van der Waals surface area (Å²) in [5.41, 5.74) is 0.856. The van der Waals surface area contributed by atoms with Gasteiger partial charge in [0.15, 0.2) is 17.3 Å². The lowest BCUT2D eigenvalue weighted by molar-refractivity contribution is -0.129. The first kappa shape index (κ1) is 35.8. The molecule has 2 aromatic carbocycles. The Morgan fingerprint density at radius 3 is 2.41 bits per heavy atom. The summed E-state index contributed by atoms with van der Waals surface area (Å²) in [7, 11) is -4.01. The number of benzene rings is 2. The minimum Gasteiger partial charge on any atom is -0.490 e. The van der Waals surface area contributed by atoms with Crippen molar-refractivity contribution in [1.29, 1.82) is 0 Å². The Bertz CT molecular complexity index is 1730. The summed E-state index contributed by atoms with van der Waals surface area (Å²) in [6.07, 6.45) is 1.44. The van der Waals surface area contributed by atoms with E-state index in [2.05, 4.69) is 26.0 Å². The number of aromatic nitrogens is 3. The fraction of sp³-hybridized carbons (Fsp3) is 0.500. The van der Waals surface area contributed by atoms with Crippen LogP contribution >= 0.6 is 0 Å². The molecule has 5 rings (SSSR count). The van der Waals surface area contributed by atoms with Gasteiger partial charge in [0.2, 0.25) is 27.7 Å². The van der Waals surface area contributed by atoms with Crippen LogP contribution in [0.25, 0.3) is 0 Å². The summed E-state index contributed by atoms with van der Waals surface area (Å²) < 4.78 is 42.0. The second-order valence-corrected chi connectivity index (χ2v) is 14.5. The number of sulfonamides is 1. The molecular formula is C34H45N7O7S. The SMILES string of the molecule is Cc1nc2n(n1)CC(=O)NCCCN(S(=O)(=O)c1ccc3c(c1)OCCCO3)CCCC(=O)N[C@H](Cc1ccccc1)C(=O)N[C@H]2C(C)C. The quantitative estimate of drug-likeness (QED) is 0.362. The second-order valence-electron chi connectivity index (χ2n) is 12.6. The first-order valence-electron chi connectivity index (χ1n) is 16.7. The Morgan fingerprint density at radius 1 is 0.918 bits per heavy atom. The van der Waals surface area contributed by atoms with E-state index in [0.29, 0.717) is 49.2 Å². The molecule has 0 spiro atoms. The molecule has 0 unspecified atom stereocenters. The van der Waals surface area contributed by atoms with Gasteiger partial charge in [-0.05, 0) is 43.4 Å². The van der Waals surface area contributed by atoms with Crippen LogP contribution < -0.4 is 25.4 Å². The summed E-state index contributed by atoms with van der Waals surface area (Å²) in [6, 6.07) is 12.4. The molecule has 2 atom stereocenters. The van der Waals surface area contributed by atoms with Crippen molar-refractivity contribution in [1.82, 2.24) is 35.0 Å². The number of rotatable bonds is 5. The van der Waals surface area contributed by atoms with E-state index in [-0.39, 0.29) is 68.1 Å². The van der Waals surface area contributed by atoms with Gasteiger partial charge in [0.05, 0.1) is 24.2 Å². The zero-order valence-electron chi connectivity index (χ0n) is 28.2. The zero-order valence-corrected chi connectivity index (χ0v) is 29.0. The summed E-state index contributed by atoms with van der Waals surface area (Å²) in [5, 5.41) is 13.2. The van der Waals surface area contributed by atoms with Gasteiger partial charge in [-0.2, -0.15) is 9.40 Å². The molecule has 0 aliphatic carbocycles. The van der Waals surface area contributed by atoms with Crippen molar-refractivity contribution in [3.05, 3.63) is 65.7 Å². The molecule has 0 saturated heterocycles. The summed E-state index contributed by atoms with van der Waals surface area (Å²) in [4.78, 5) is 44.8. The first-order valence-corrected chi connectivity index (χ1v) is 18.2. The minimum atomic E-state index is -4.01. The molecule has 49 heavy (non-hydrogen) atoms. The van der Waals surface area contributed by atoms with E-state index in [0.717, 1.165) is 5.56 Å². The maximum absolute atomic E-state index is 13.9. The van der Waals surface area contributed by atoms with Gasteiger partial charge in [-0.25, -0.2) is 18.1 Å². The molecule has 3 N–H and O–H groups in total. The van der Waals surface area contributed by atoms with Crippen molar-refractivity contribution in [3.63, 3.8) is 0 Å². The molecule has 0 radical (unpaired) electrons. The summed E-state index contributed by atoms with van der Waals surface area (Å²) in [6.45, 7) is 6.67. The number of nitrogens with one attached hydrogen (secondary N) is 3. The van der Waals surface area contributed by atoms with Crippen LogP contribution in [-0.2, 0) is 37.4 Å². The fourth-order valence-electron chi connectivity index (χ4n) is 5.82. The molecule has 2 aliphatic rings. The number of ether oxygens (including phenoxy) is 2. The molecular weight excluding hydrogens is 650 g/mol. The Kier molecular flexibility index (Phi) is 11.9. The predicted octanol–water partition coefficient (Wildman–Crippen LogP) is 2.28.